The molecule has 7 nitrogen and oxygen atoms in total. The number of amides is 1. The predicted octanol–water partition coefficient (Wildman–Crippen LogP) is 4.70. The molecule has 0 saturated carbocycles. The van der Waals surface area contributed by atoms with Crippen LogP contribution in [0.4, 0.5) is 9.18 Å². The van der Waals surface area contributed by atoms with E-state index in [-0.39, 0.29) is 38.7 Å². The summed E-state index contributed by atoms with van der Waals surface area (Å²) >= 11 is 0.929. The van der Waals surface area contributed by atoms with E-state index in [1.54, 1.807) is 0 Å². The monoisotopic (exact) mass is 463 g/mol. The van der Waals surface area contributed by atoms with Crippen LogP contribution in [-0.4, -0.2) is 41.0 Å². The van der Waals surface area contributed by atoms with Gasteiger partial charge in [-0.15, -0.1) is 11.3 Å². The summed E-state index contributed by atoms with van der Waals surface area (Å²) in [5.74, 6) is -0.803. The molecule has 1 amide bonds. The van der Waals surface area contributed by atoms with E-state index < -0.39 is 21.9 Å². The average molecular weight is 464 g/mol. The first kappa shape index (κ1) is 22.8. The second-order valence-corrected chi connectivity index (χ2v) is 11.4. The molecule has 0 fully saturated rings. The van der Waals surface area contributed by atoms with E-state index in [4.69, 9.17) is 0 Å². The number of hydrogen-bond acceptors (Lipinski definition) is 6. The zero-order valence-corrected chi connectivity index (χ0v) is 18.9. The van der Waals surface area contributed by atoms with Crippen molar-refractivity contribution >= 4 is 27.3 Å². The number of sulfone groups is 1. The van der Waals surface area contributed by atoms with Crippen molar-refractivity contribution in [2.24, 2.45) is 5.41 Å². The first-order chi connectivity index (χ1) is 14.5. The number of halogens is 1. The van der Waals surface area contributed by atoms with Gasteiger partial charge in [0.15, 0.2) is 0 Å². The van der Waals surface area contributed by atoms with Crippen LogP contribution >= 0.6 is 11.3 Å². The lowest BCUT2D eigenvalue weighted by molar-refractivity contribution is 0.123. The average Bonchev–Trinajstić information content (AvgIpc) is 3.12. The smallest absolute Gasteiger partial charge is 0.407 e. The number of thiophene rings is 1. The summed E-state index contributed by atoms with van der Waals surface area (Å²) in [4.78, 5) is 20.9. The quantitative estimate of drug-likeness (QED) is 0.532. The number of rotatable bonds is 6. The van der Waals surface area contributed by atoms with Crippen molar-refractivity contribution in [1.29, 1.82) is 0 Å². The van der Waals surface area contributed by atoms with Crippen LogP contribution in [-0.2, 0) is 16.4 Å². The third-order valence-electron chi connectivity index (χ3n) is 4.28. The van der Waals surface area contributed by atoms with Gasteiger partial charge in [0.2, 0.25) is 15.8 Å². The number of pyridine rings is 2. The van der Waals surface area contributed by atoms with Gasteiger partial charge >= 0.3 is 6.09 Å². The van der Waals surface area contributed by atoms with Crippen LogP contribution in [0.2, 0.25) is 0 Å². The van der Waals surface area contributed by atoms with Crippen molar-refractivity contribution in [1.82, 2.24) is 14.9 Å². The summed E-state index contributed by atoms with van der Waals surface area (Å²) < 4.78 is 41.0. The molecular weight excluding hydrogens is 441 g/mol. The minimum absolute atomic E-state index is 0.0159. The molecule has 0 saturated heterocycles. The summed E-state index contributed by atoms with van der Waals surface area (Å²) in [6.45, 7) is 5.97. The minimum Gasteiger partial charge on any atom is -0.465 e. The molecule has 1 N–H and O–H groups in total. The topological polar surface area (TPSA) is 100 Å². The molecule has 10 heteroatoms. The Morgan fingerprint density at radius 1 is 1.16 bits per heavy atom. The van der Waals surface area contributed by atoms with Crippen molar-refractivity contribution in [3.05, 3.63) is 59.7 Å². The van der Waals surface area contributed by atoms with Crippen LogP contribution in [0.15, 0.2) is 58.0 Å². The Kier molecular flexibility index (Phi) is 6.42. The number of carbonyl (C=O) groups is 1. The van der Waals surface area contributed by atoms with Gasteiger partial charge in [-0.1, -0.05) is 20.8 Å². The van der Waals surface area contributed by atoms with Crippen molar-refractivity contribution in [2.75, 3.05) is 6.54 Å². The molecular formula is C21H22FN3O4S2. The molecule has 0 unspecified atom stereocenters. The first-order valence-corrected chi connectivity index (χ1v) is 11.7. The SMILES string of the molecule is CC(C)(C)CN(Cc1cc(-c2cccnc2F)c(S(=O)(=O)c2ccncc2)s1)C(=O)O. The Hall–Kier alpha value is -2.85. The van der Waals surface area contributed by atoms with Crippen LogP contribution in [0.1, 0.15) is 25.6 Å². The summed E-state index contributed by atoms with van der Waals surface area (Å²) in [5.41, 5.74) is -0.0984. The molecule has 3 heterocycles. The Bertz CT molecular complexity index is 1190. The molecule has 0 spiro atoms. The third-order valence-corrected chi connectivity index (χ3v) is 7.71. The zero-order chi connectivity index (χ0) is 22.8. The number of nitrogens with zero attached hydrogens (tertiary/aromatic N) is 3. The Balaban J connectivity index is 2.13. The maximum Gasteiger partial charge on any atom is 0.407 e. The lowest BCUT2D eigenvalue weighted by Gasteiger charge is -2.27. The highest BCUT2D eigenvalue weighted by molar-refractivity contribution is 7.93. The van der Waals surface area contributed by atoms with Gasteiger partial charge < -0.3 is 10.0 Å². The van der Waals surface area contributed by atoms with E-state index >= 15 is 0 Å². The predicted molar refractivity (Wildman–Crippen MR) is 115 cm³/mol. The van der Waals surface area contributed by atoms with E-state index in [2.05, 4.69) is 9.97 Å². The van der Waals surface area contributed by atoms with E-state index in [1.807, 2.05) is 20.8 Å². The maximum absolute atomic E-state index is 14.5. The standard InChI is InChI=1S/C21H22FN3O4S2/c1-21(2,3)13-25(20(26)27)12-14-11-17(16-5-4-8-24-18(16)22)19(30-14)31(28,29)15-6-9-23-10-7-15/h4-11H,12-13H2,1-3H3,(H,26,27). The lowest BCUT2D eigenvalue weighted by Crippen LogP contribution is -2.36. The summed E-state index contributed by atoms with van der Waals surface area (Å²) in [6.07, 6.45) is 2.89. The highest BCUT2D eigenvalue weighted by Gasteiger charge is 2.28. The molecule has 31 heavy (non-hydrogen) atoms. The van der Waals surface area contributed by atoms with Gasteiger partial charge in [-0.2, -0.15) is 4.39 Å². The molecule has 3 rings (SSSR count). The lowest BCUT2D eigenvalue weighted by atomic mass is 9.96. The highest BCUT2D eigenvalue weighted by Crippen LogP contribution is 2.39. The largest absolute Gasteiger partial charge is 0.465 e. The second kappa shape index (κ2) is 8.72. The Morgan fingerprint density at radius 2 is 1.84 bits per heavy atom. The Labute approximate surface area is 184 Å². The van der Waals surface area contributed by atoms with Gasteiger partial charge in [-0.3, -0.25) is 4.98 Å². The molecule has 0 aromatic carbocycles. The molecule has 3 aromatic heterocycles. The molecule has 0 aliphatic carbocycles. The van der Waals surface area contributed by atoms with Gasteiger partial charge in [0, 0.05) is 41.1 Å². The van der Waals surface area contributed by atoms with Gasteiger partial charge in [0.1, 0.15) is 4.21 Å². The zero-order valence-electron chi connectivity index (χ0n) is 17.2. The second-order valence-electron chi connectivity index (χ2n) is 8.14. The molecule has 3 aromatic rings. The summed E-state index contributed by atoms with van der Waals surface area (Å²) in [7, 11) is -3.99. The van der Waals surface area contributed by atoms with Gasteiger partial charge in [-0.05, 0) is 35.7 Å². The number of hydrogen-bond donors (Lipinski definition) is 1. The summed E-state index contributed by atoms with van der Waals surface area (Å²) in [5, 5.41) is 9.61. The van der Waals surface area contributed by atoms with E-state index in [1.165, 1.54) is 53.8 Å². The van der Waals surface area contributed by atoms with Crippen LogP contribution in [0, 0.1) is 11.4 Å². The van der Waals surface area contributed by atoms with Crippen LogP contribution in [0.25, 0.3) is 11.1 Å². The fourth-order valence-electron chi connectivity index (χ4n) is 3.05. The van der Waals surface area contributed by atoms with Crippen LogP contribution in [0.3, 0.4) is 0 Å². The van der Waals surface area contributed by atoms with Crippen molar-refractivity contribution < 1.29 is 22.7 Å². The molecule has 0 radical (unpaired) electrons. The Morgan fingerprint density at radius 3 is 2.42 bits per heavy atom. The van der Waals surface area contributed by atoms with Crippen molar-refractivity contribution in [2.45, 2.75) is 36.4 Å². The normalized spacial score (nSPS) is 12.0. The third kappa shape index (κ3) is 5.26. The van der Waals surface area contributed by atoms with Gasteiger partial charge in [0.25, 0.3) is 0 Å². The highest BCUT2D eigenvalue weighted by atomic mass is 32.2. The first-order valence-electron chi connectivity index (χ1n) is 9.35. The number of aromatic nitrogens is 2. The molecule has 0 aliphatic heterocycles. The minimum atomic E-state index is -3.99. The van der Waals surface area contributed by atoms with Crippen molar-refractivity contribution in [3.63, 3.8) is 0 Å². The van der Waals surface area contributed by atoms with E-state index in [9.17, 15) is 22.7 Å². The molecule has 0 atom stereocenters. The van der Waals surface area contributed by atoms with Gasteiger partial charge in [-0.25, -0.2) is 18.2 Å². The molecule has 164 valence electrons. The van der Waals surface area contributed by atoms with Crippen molar-refractivity contribution in [3.8, 4) is 11.1 Å². The fraction of sp³-hybridized carbons (Fsp3) is 0.286. The van der Waals surface area contributed by atoms with E-state index in [0.717, 1.165) is 11.3 Å². The van der Waals surface area contributed by atoms with E-state index in [0.29, 0.717) is 4.88 Å². The van der Waals surface area contributed by atoms with Crippen LogP contribution < -0.4 is 0 Å². The molecule has 0 bridgehead atoms. The van der Waals surface area contributed by atoms with Crippen LogP contribution in [0.5, 0.6) is 0 Å². The number of carboxylic acid groups (broad SMARTS) is 1. The van der Waals surface area contributed by atoms with Gasteiger partial charge in [0.05, 0.1) is 11.4 Å². The maximum atomic E-state index is 14.5. The fourth-order valence-corrected chi connectivity index (χ4v) is 6.17. The summed E-state index contributed by atoms with van der Waals surface area (Å²) in [6, 6.07) is 7.21. The molecule has 0 aliphatic rings.